The lowest BCUT2D eigenvalue weighted by atomic mass is 10.1. The third-order valence-corrected chi connectivity index (χ3v) is 3.37. The van der Waals surface area contributed by atoms with Gasteiger partial charge in [-0.3, -0.25) is 0 Å². The maximum absolute atomic E-state index is 8.56. The average Bonchev–Trinajstić information content (AvgIpc) is 2.36. The monoisotopic (exact) mass is 242 g/mol. The van der Waals surface area contributed by atoms with Crippen LogP contribution in [0.1, 0.15) is 33.1 Å². The lowest BCUT2D eigenvalue weighted by molar-refractivity contribution is 0.208. The molecule has 5 nitrogen and oxygen atoms in total. The normalized spacial score (nSPS) is 22.4. The van der Waals surface area contributed by atoms with Crippen LogP contribution < -0.4 is 11.1 Å². The molecule has 1 fully saturated rings. The second-order valence-electron chi connectivity index (χ2n) is 5.10. The molecule has 2 unspecified atom stereocenters. The topological polar surface area (TPSA) is 73.9 Å². The van der Waals surface area contributed by atoms with Crippen molar-refractivity contribution in [3.8, 4) is 0 Å². The van der Waals surface area contributed by atoms with Crippen molar-refractivity contribution >= 4 is 5.84 Å². The van der Waals surface area contributed by atoms with Gasteiger partial charge in [-0.1, -0.05) is 18.5 Å². The summed E-state index contributed by atoms with van der Waals surface area (Å²) in [6, 6.07) is 0.446. The van der Waals surface area contributed by atoms with Crippen LogP contribution in [0, 0.1) is 5.92 Å². The lowest BCUT2D eigenvalue weighted by Crippen LogP contribution is -2.44. The van der Waals surface area contributed by atoms with E-state index >= 15 is 0 Å². The molecule has 0 aromatic carbocycles. The zero-order valence-corrected chi connectivity index (χ0v) is 11.0. The second kappa shape index (κ2) is 7.50. The van der Waals surface area contributed by atoms with Gasteiger partial charge in [0.05, 0.1) is 0 Å². The Morgan fingerprint density at radius 2 is 2.00 bits per heavy atom. The summed E-state index contributed by atoms with van der Waals surface area (Å²) in [5.74, 6) is 0.367. The predicted molar refractivity (Wildman–Crippen MR) is 70.3 cm³/mol. The van der Waals surface area contributed by atoms with Gasteiger partial charge in [0.1, 0.15) is 5.84 Å². The highest BCUT2D eigenvalue weighted by atomic mass is 16.4. The van der Waals surface area contributed by atoms with Gasteiger partial charge in [-0.15, -0.1) is 0 Å². The van der Waals surface area contributed by atoms with Crippen LogP contribution in [0.5, 0.6) is 0 Å². The maximum Gasteiger partial charge on any atom is 0.143 e. The quantitative estimate of drug-likeness (QED) is 0.279. The fourth-order valence-electron chi connectivity index (χ4n) is 2.17. The van der Waals surface area contributed by atoms with Gasteiger partial charge in [0, 0.05) is 25.0 Å². The Morgan fingerprint density at radius 3 is 2.59 bits per heavy atom. The molecule has 0 spiro atoms. The highest BCUT2D eigenvalue weighted by Gasteiger charge is 2.14. The van der Waals surface area contributed by atoms with Crippen molar-refractivity contribution in [1.82, 2.24) is 10.2 Å². The smallest absolute Gasteiger partial charge is 0.143 e. The van der Waals surface area contributed by atoms with E-state index in [9.17, 15) is 0 Å². The van der Waals surface area contributed by atoms with Crippen LogP contribution in [0.4, 0.5) is 0 Å². The minimum Gasteiger partial charge on any atom is -0.409 e. The van der Waals surface area contributed by atoms with Crippen molar-refractivity contribution in [3.63, 3.8) is 0 Å². The first-order valence-electron chi connectivity index (χ1n) is 6.56. The lowest BCUT2D eigenvalue weighted by Gasteiger charge is -2.29. The molecule has 5 heteroatoms. The molecule has 0 aromatic heterocycles. The molecule has 2 atom stereocenters. The van der Waals surface area contributed by atoms with Crippen molar-refractivity contribution < 1.29 is 5.21 Å². The minimum absolute atomic E-state index is 0.0730. The zero-order chi connectivity index (χ0) is 12.7. The second-order valence-corrected chi connectivity index (χ2v) is 5.10. The van der Waals surface area contributed by atoms with Crippen LogP contribution in [0.3, 0.4) is 0 Å². The van der Waals surface area contributed by atoms with Gasteiger partial charge in [-0.25, -0.2) is 0 Å². The number of amidine groups is 1. The number of hydrogen-bond acceptors (Lipinski definition) is 4. The van der Waals surface area contributed by atoms with E-state index in [0.717, 1.165) is 13.1 Å². The number of nitrogens with one attached hydrogen (secondary N) is 1. The average molecular weight is 242 g/mol. The highest BCUT2D eigenvalue weighted by Crippen LogP contribution is 2.08. The first-order valence-corrected chi connectivity index (χ1v) is 6.56. The summed E-state index contributed by atoms with van der Waals surface area (Å²) in [6.45, 7) is 8.43. The fourth-order valence-corrected chi connectivity index (χ4v) is 2.17. The number of rotatable bonds is 6. The number of likely N-dealkylation sites (tertiary alicyclic amines) is 1. The molecule has 100 valence electrons. The van der Waals surface area contributed by atoms with Crippen LogP contribution in [0.15, 0.2) is 5.16 Å². The molecular formula is C12H26N4O. The number of oxime groups is 1. The summed E-state index contributed by atoms with van der Waals surface area (Å²) in [6.07, 6.45) is 4.03. The molecule has 1 aliphatic heterocycles. The van der Waals surface area contributed by atoms with Gasteiger partial charge in [0.2, 0.25) is 0 Å². The first kappa shape index (κ1) is 14.3. The van der Waals surface area contributed by atoms with Crippen molar-refractivity contribution in [2.75, 3.05) is 26.2 Å². The standard InChI is InChI=1S/C12H26N4O/c1-10(12(13)15-17)8-14-11(2)9-16-6-4-3-5-7-16/h10-11,14,17H,3-9H2,1-2H3,(H2,13,15). The fraction of sp³-hybridized carbons (Fsp3) is 0.917. The Balaban J connectivity index is 2.18. The molecule has 0 aliphatic carbocycles. The molecule has 0 saturated carbocycles. The molecule has 0 bridgehead atoms. The molecule has 0 aromatic rings. The van der Waals surface area contributed by atoms with Crippen molar-refractivity contribution in [3.05, 3.63) is 0 Å². The highest BCUT2D eigenvalue weighted by molar-refractivity contribution is 5.82. The molecular weight excluding hydrogens is 216 g/mol. The van der Waals surface area contributed by atoms with Crippen molar-refractivity contribution in [1.29, 1.82) is 0 Å². The van der Waals surface area contributed by atoms with E-state index in [4.69, 9.17) is 10.9 Å². The van der Waals surface area contributed by atoms with Gasteiger partial charge in [0.25, 0.3) is 0 Å². The summed E-state index contributed by atoms with van der Waals surface area (Å²) < 4.78 is 0. The van der Waals surface area contributed by atoms with E-state index in [-0.39, 0.29) is 5.92 Å². The number of hydrogen-bond donors (Lipinski definition) is 3. The largest absolute Gasteiger partial charge is 0.409 e. The molecule has 1 aliphatic rings. The minimum atomic E-state index is 0.0730. The number of piperidine rings is 1. The number of nitrogens with zero attached hydrogens (tertiary/aromatic N) is 2. The maximum atomic E-state index is 8.56. The van der Waals surface area contributed by atoms with Gasteiger partial charge in [-0.05, 0) is 32.9 Å². The van der Waals surface area contributed by atoms with E-state index in [2.05, 4.69) is 22.3 Å². The Labute approximate surface area is 104 Å². The van der Waals surface area contributed by atoms with Crippen molar-refractivity contribution in [2.45, 2.75) is 39.2 Å². The molecule has 17 heavy (non-hydrogen) atoms. The predicted octanol–water partition coefficient (Wildman–Crippen LogP) is 0.833. The Kier molecular flexibility index (Phi) is 6.29. The van der Waals surface area contributed by atoms with Gasteiger partial charge in [0.15, 0.2) is 0 Å². The zero-order valence-electron chi connectivity index (χ0n) is 11.0. The van der Waals surface area contributed by atoms with Crippen LogP contribution in [0.25, 0.3) is 0 Å². The molecule has 0 amide bonds. The van der Waals surface area contributed by atoms with Gasteiger partial charge in [-0.2, -0.15) is 0 Å². The third kappa shape index (κ3) is 5.37. The van der Waals surface area contributed by atoms with Gasteiger partial charge < -0.3 is 21.2 Å². The van der Waals surface area contributed by atoms with Gasteiger partial charge >= 0.3 is 0 Å². The summed E-state index contributed by atoms with van der Waals surface area (Å²) in [5.41, 5.74) is 5.54. The number of nitrogens with two attached hydrogens (primary N) is 1. The molecule has 0 radical (unpaired) electrons. The Morgan fingerprint density at radius 1 is 1.35 bits per heavy atom. The summed E-state index contributed by atoms with van der Waals surface area (Å²) >= 11 is 0. The van der Waals surface area contributed by atoms with E-state index < -0.39 is 0 Å². The third-order valence-electron chi connectivity index (χ3n) is 3.37. The van der Waals surface area contributed by atoms with E-state index in [0.29, 0.717) is 11.9 Å². The van der Waals surface area contributed by atoms with Crippen LogP contribution in [-0.4, -0.2) is 48.2 Å². The van der Waals surface area contributed by atoms with E-state index in [1.807, 2.05) is 6.92 Å². The SMILES string of the molecule is CC(CN1CCCCC1)NCC(C)C(N)=NO. The molecule has 1 heterocycles. The van der Waals surface area contributed by atoms with E-state index in [1.165, 1.54) is 32.4 Å². The van der Waals surface area contributed by atoms with Crippen LogP contribution >= 0.6 is 0 Å². The molecule has 1 saturated heterocycles. The first-order chi connectivity index (χ1) is 8.13. The molecule has 4 N–H and O–H groups in total. The van der Waals surface area contributed by atoms with Crippen LogP contribution in [0.2, 0.25) is 0 Å². The summed E-state index contributed by atoms with van der Waals surface area (Å²) in [5, 5.41) is 15.0. The van der Waals surface area contributed by atoms with E-state index in [1.54, 1.807) is 0 Å². The van der Waals surface area contributed by atoms with Crippen molar-refractivity contribution in [2.24, 2.45) is 16.8 Å². The Bertz CT molecular complexity index is 239. The molecule has 1 rings (SSSR count). The Hall–Kier alpha value is -0.810. The van der Waals surface area contributed by atoms with Crippen LogP contribution in [-0.2, 0) is 0 Å². The summed E-state index contributed by atoms with van der Waals surface area (Å²) in [7, 11) is 0. The summed E-state index contributed by atoms with van der Waals surface area (Å²) in [4.78, 5) is 2.51.